The van der Waals surface area contributed by atoms with Crippen LogP contribution in [-0.2, 0) is 19.2 Å². The number of unbranched alkanes of at least 4 members (excludes halogenated alkanes) is 16. The Balaban J connectivity index is 1.40. The second-order valence-electron chi connectivity index (χ2n) is 31.5. The van der Waals surface area contributed by atoms with Crippen LogP contribution >= 0.6 is 0 Å². The molecule has 4 amide bonds. The summed E-state index contributed by atoms with van der Waals surface area (Å²) in [5, 5.41) is 12.9. The third kappa shape index (κ3) is 26.0. The Morgan fingerprint density at radius 3 is 0.621 bits per heavy atom. The number of carbonyl (C=O) groups excluding carboxylic acids is 4. The molecule has 1 aliphatic rings. The second kappa shape index (κ2) is 47.9. The normalized spacial score (nSPS) is 15.3. The van der Waals surface area contributed by atoms with Crippen molar-refractivity contribution in [2.75, 3.05) is 54.9 Å². The number of hydrogen-bond acceptors (Lipinski definition) is 12. The lowest BCUT2D eigenvalue weighted by Gasteiger charge is -2.32. The fraction of sp³-hybridized carbons (Fsp3) is 0.480. The quantitative estimate of drug-likeness (QED) is 0.0264. The fourth-order valence-corrected chi connectivity index (χ4v) is 16.5. The van der Waals surface area contributed by atoms with Crippen molar-refractivity contribution >= 4 is 23.6 Å². The predicted octanol–water partition coefficient (Wildman–Crippen LogP) is 23.0. The molecule has 0 aliphatic heterocycles. The van der Waals surface area contributed by atoms with Crippen LogP contribution in [0.15, 0.2) is 170 Å². The molecule has 8 aromatic carbocycles. The molecule has 8 bridgehead atoms. The predicted molar refractivity (Wildman–Crippen MR) is 467 cm³/mol. The van der Waals surface area contributed by atoms with Crippen LogP contribution in [0.4, 0.5) is 0 Å². The molecule has 0 saturated heterocycles. The molecule has 0 radical (unpaired) electrons. The van der Waals surface area contributed by atoms with Gasteiger partial charge in [-0.2, -0.15) is 0 Å². The van der Waals surface area contributed by atoms with Gasteiger partial charge in [-0.05, 0) is 99.9 Å². The summed E-state index contributed by atoms with van der Waals surface area (Å²) in [4.78, 5) is 58.5. The van der Waals surface area contributed by atoms with E-state index in [0.29, 0.717) is 71.7 Å². The first-order valence-corrected chi connectivity index (χ1v) is 43.3. The van der Waals surface area contributed by atoms with Crippen LogP contribution in [0.25, 0.3) is 0 Å². The van der Waals surface area contributed by atoms with Crippen molar-refractivity contribution in [3.05, 3.63) is 237 Å². The topological polar surface area (TPSA) is 190 Å². The van der Waals surface area contributed by atoms with Gasteiger partial charge in [-0.1, -0.05) is 277 Å². The third-order valence-electron chi connectivity index (χ3n) is 23.0. The highest BCUT2D eigenvalue weighted by molar-refractivity contribution is 5.80. The van der Waals surface area contributed by atoms with Gasteiger partial charge in [0, 0.05) is 92.4 Å². The van der Waals surface area contributed by atoms with E-state index in [1.54, 1.807) is 28.4 Å². The zero-order valence-corrected chi connectivity index (χ0v) is 71.5. The number of nitrogens with one attached hydrogen (secondary N) is 4. The van der Waals surface area contributed by atoms with E-state index in [-0.39, 0.29) is 74.2 Å². The summed E-state index contributed by atoms with van der Waals surface area (Å²) in [5.41, 5.74) is 10.6. The van der Waals surface area contributed by atoms with Gasteiger partial charge in [0.2, 0.25) is 0 Å². The number of hydrogen-bond donors (Lipinski definition) is 4. The summed E-state index contributed by atoms with van der Waals surface area (Å²) in [6.07, 6.45) is 22.3. The number of carbonyl (C=O) groups is 4. The average Bonchev–Trinajstić information content (AvgIpc) is 0.746. The van der Waals surface area contributed by atoms with Crippen molar-refractivity contribution in [3.8, 4) is 46.0 Å². The number of ether oxygens (including phenoxy) is 8. The molecule has 624 valence electrons. The molecule has 0 saturated carbocycles. The largest absolute Gasteiger partial charge is 0.496 e. The van der Waals surface area contributed by atoms with Gasteiger partial charge in [0.15, 0.2) is 26.4 Å². The molecule has 9 rings (SSSR count). The first kappa shape index (κ1) is 90.0. The lowest BCUT2D eigenvalue weighted by molar-refractivity contribution is -0.124. The minimum absolute atomic E-state index is 0.295. The van der Waals surface area contributed by atoms with Crippen LogP contribution in [0.1, 0.15) is 324 Å². The maximum Gasteiger partial charge on any atom is 0.258 e. The van der Waals surface area contributed by atoms with E-state index in [4.69, 9.17) is 37.9 Å². The van der Waals surface area contributed by atoms with E-state index in [0.717, 1.165) is 195 Å². The summed E-state index contributed by atoms with van der Waals surface area (Å²) >= 11 is 0. The number of amides is 4. The smallest absolute Gasteiger partial charge is 0.258 e. The average molecular weight is 1580 g/mol. The van der Waals surface area contributed by atoms with Crippen molar-refractivity contribution in [1.82, 2.24) is 21.3 Å². The van der Waals surface area contributed by atoms with Gasteiger partial charge >= 0.3 is 0 Å². The maximum atomic E-state index is 14.6. The lowest BCUT2D eigenvalue weighted by Crippen LogP contribution is -2.31. The van der Waals surface area contributed by atoms with E-state index in [1.807, 2.05) is 173 Å². The molecule has 1 aliphatic carbocycles. The van der Waals surface area contributed by atoms with Crippen LogP contribution in [-0.4, -0.2) is 78.5 Å². The zero-order chi connectivity index (χ0) is 82.6. The Kier molecular flexibility index (Phi) is 37.2. The highest BCUT2D eigenvalue weighted by Gasteiger charge is 2.36. The van der Waals surface area contributed by atoms with Gasteiger partial charge in [0.1, 0.15) is 46.0 Å². The van der Waals surface area contributed by atoms with Crippen molar-refractivity contribution in [3.63, 3.8) is 0 Å². The minimum atomic E-state index is -0.470. The van der Waals surface area contributed by atoms with E-state index < -0.39 is 23.7 Å². The molecule has 0 unspecified atom stereocenters. The maximum absolute atomic E-state index is 14.6. The van der Waals surface area contributed by atoms with Gasteiger partial charge < -0.3 is 59.2 Å². The Bertz CT molecular complexity index is 3760. The van der Waals surface area contributed by atoms with Gasteiger partial charge in [-0.15, -0.1) is 0 Å². The summed E-state index contributed by atoms with van der Waals surface area (Å²) in [5.74, 6) is 1.00. The molecule has 0 aromatic heterocycles. The van der Waals surface area contributed by atoms with Crippen LogP contribution in [0.2, 0.25) is 0 Å². The lowest BCUT2D eigenvalue weighted by atomic mass is 9.76. The number of benzene rings is 8. The van der Waals surface area contributed by atoms with E-state index in [2.05, 4.69) is 73.2 Å². The molecule has 8 atom stereocenters. The van der Waals surface area contributed by atoms with Crippen LogP contribution in [0.5, 0.6) is 46.0 Å². The number of rotatable bonds is 48. The third-order valence-corrected chi connectivity index (χ3v) is 23.0. The van der Waals surface area contributed by atoms with E-state index in [9.17, 15) is 19.2 Å². The Hall–Kier alpha value is -9.96. The van der Waals surface area contributed by atoms with Crippen molar-refractivity contribution in [2.24, 2.45) is 0 Å². The number of fused-ring (bicyclic) bond motifs is 8. The second-order valence-corrected chi connectivity index (χ2v) is 31.5. The monoisotopic (exact) mass is 1580 g/mol. The van der Waals surface area contributed by atoms with Crippen molar-refractivity contribution in [2.45, 2.75) is 257 Å². The fourth-order valence-electron chi connectivity index (χ4n) is 16.5. The Morgan fingerprint density at radius 2 is 0.440 bits per heavy atom. The molecule has 0 heterocycles. The zero-order valence-electron chi connectivity index (χ0n) is 71.5. The van der Waals surface area contributed by atoms with E-state index in [1.165, 1.54) is 0 Å². The van der Waals surface area contributed by atoms with Crippen LogP contribution in [0.3, 0.4) is 0 Å². The molecule has 8 aromatic rings. The molecule has 0 spiro atoms. The summed E-state index contributed by atoms with van der Waals surface area (Å²) in [6.45, 7) is 15.6. The summed E-state index contributed by atoms with van der Waals surface area (Å²) in [7, 11) is 6.78. The molecule has 0 fully saturated rings. The van der Waals surface area contributed by atoms with Gasteiger partial charge in [0.25, 0.3) is 23.6 Å². The molecule has 116 heavy (non-hydrogen) atoms. The minimum Gasteiger partial charge on any atom is -0.496 e. The Morgan fingerprint density at radius 1 is 0.259 bits per heavy atom. The van der Waals surface area contributed by atoms with Crippen molar-refractivity contribution in [1.29, 1.82) is 0 Å². The van der Waals surface area contributed by atoms with Gasteiger partial charge in [-0.3, -0.25) is 19.2 Å². The van der Waals surface area contributed by atoms with Crippen LogP contribution < -0.4 is 59.2 Å². The van der Waals surface area contributed by atoms with Crippen molar-refractivity contribution < 1.29 is 57.1 Å². The van der Waals surface area contributed by atoms with Crippen LogP contribution in [0, 0.1) is 0 Å². The summed E-state index contributed by atoms with van der Waals surface area (Å²) in [6, 6.07) is 55.4. The first-order valence-electron chi connectivity index (χ1n) is 43.3. The molecular formula is C100H132N4O12. The number of methoxy groups -OCH3 is 4. The molecule has 16 heteroatoms. The van der Waals surface area contributed by atoms with Gasteiger partial charge in [-0.25, -0.2) is 0 Å². The molecular weight excluding hydrogens is 1450 g/mol. The van der Waals surface area contributed by atoms with Gasteiger partial charge in [0.05, 0.1) is 52.6 Å². The highest BCUT2D eigenvalue weighted by atomic mass is 16.5. The molecule has 4 N–H and O–H groups in total. The standard InChI is InChI=1S/C100H132N4O12/c1-13-17-21-25-41-53-77-81-57-86(94(61-89(81)109-9)114-66-98(106)102-70(6)74-47-35-30-36-48-74)79(55-43-27-23-19-15-3)83-59-88(96(63-91(83)111-11)116-68-100(108)104-72(8)76-51-39-32-40-52-76)80(56-44-28-24-20-16-4)84-60-87(95(64-92(84)112-12)115-67-99(107)103-71(7)75-49-37-31-38-50-75)78(54-42-26-22-18-14-2)82-58-85(77)93(62-90(82)110-10)113-65-97(105)101-69(5)73-45-33-29-34-46-73/h29-40,45-52,57-64,69-72,77-80H,13-28,41-44,53-56,65-68H2,1-12H3,(H,101,105)(H,102,106)(H,103,107)(H,104,108)/t69-,70-,71-,72-,77+,78+,79+,80+/m1/s1. The molecule has 16 nitrogen and oxygen atoms in total. The Labute approximate surface area is 693 Å². The summed E-state index contributed by atoms with van der Waals surface area (Å²) < 4.78 is 55.5. The highest BCUT2D eigenvalue weighted by Crippen LogP contribution is 2.54. The first-order chi connectivity index (χ1) is 56.5. The van der Waals surface area contributed by atoms with E-state index >= 15 is 0 Å². The SMILES string of the molecule is CCCCCCC[C@H]1c2cc(c(OCC(=O)N[C@H](C)c3ccccc3)cc2OC)[C@@H](CCCCCCC)c2cc(c(OCC(=O)N[C@H](C)c3ccccc3)cc2OC)[C@@H](CCCCCCC)c2cc(c(OCC(=O)N[C@H](C)c3ccccc3)cc2OC)[C@@H](CCCCCCC)c2cc1c(OCC(=O)N[C@H](C)c1ccccc1)cc2OC.